The van der Waals surface area contributed by atoms with E-state index >= 15 is 0 Å². The molecule has 1 aromatic heterocycles. The molecule has 0 spiro atoms. The summed E-state index contributed by atoms with van der Waals surface area (Å²) in [4.78, 5) is 3.59. The molecule has 1 aromatic rings. The highest BCUT2D eigenvalue weighted by Crippen LogP contribution is 2.20. The second kappa shape index (κ2) is 4.22. The van der Waals surface area contributed by atoms with E-state index in [1.54, 1.807) is 11.3 Å². The lowest BCUT2D eigenvalue weighted by molar-refractivity contribution is 0.279. The van der Waals surface area contributed by atoms with E-state index in [1.165, 1.54) is 31.5 Å². The van der Waals surface area contributed by atoms with E-state index < -0.39 is 0 Å². The smallest absolute Gasteiger partial charge is 0.0777 e. The van der Waals surface area contributed by atoms with Gasteiger partial charge in [0.2, 0.25) is 0 Å². The first-order chi connectivity index (χ1) is 6.40. The first-order valence-electron chi connectivity index (χ1n) is 4.78. The first-order valence-corrected chi connectivity index (χ1v) is 5.66. The van der Waals surface area contributed by atoms with Crippen LogP contribution < -0.4 is 0 Å². The Morgan fingerprint density at radius 1 is 1.38 bits per heavy atom. The highest BCUT2D eigenvalue weighted by atomic mass is 32.1. The minimum absolute atomic E-state index is 0.195. The Morgan fingerprint density at radius 2 is 2.15 bits per heavy atom. The highest BCUT2D eigenvalue weighted by Gasteiger charge is 2.13. The van der Waals surface area contributed by atoms with Crippen LogP contribution in [-0.2, 0) is 13.2 Å². The largest absolute Gasteiger partial charge is 0.391 e. The van der Waals surface area contributed by atoms with Crippen LogP contribution in [0.4, 0.5) is 0 Å². The molecule has 1 aliphatic heterocycles. The fourth-order valence-electron chi connectivity index (χ4n) is 1.83. The highest BCUT2D eigenvalue weighted by molar-refractivity contribution is 7.10. The number of aliphatic hydroxyl groups is 1. The maximum atomic E-state index is 9.07. The number of rotatable bonds is 3. The molecule has 0 amide bonds. The summed E-state index contributed by atoms with van der Waals surface area (Å²) in [7, 11) is 0. The van der Waals surface area contributed by atoms with E-state index in [0.717, 1.165) is 11.4 Å². The average Bonchev–Trinajstić information content (AvgIpc) is 2.76. The summed E-state index contributed by atoms with van der Waals surface area (Å²) in [5.41, 5.74) is 1.31. The number of thiophene rings is 1. The van der Waals surface area contributed by atoms with Crippen molar-refractivity contribution >= 4 is 11.3 Å². The maximum absolute atomic E-state index is 9.07. The lowest BCUT2D eigenvalue weighted by Crippen LogP contribution is -2.18. The number of aliphatic hydroxyl groups excluding tert-OH is 1. The molecule has 1 saturated heterocycles. The van der Waals surface area contributed by atoms with Crippen molar-refractivity contribution in [1.29, 1.82) is 0 Å². The summed E-state index contributed by atoms with van der Waals surface area (Å²) in [5.74, 6) is 0. The van der Waals surface area contributed by atoms with Crippen molar-refractivity contribution in [1.82, 2.24) is 4.90 Å². The third-order valence-corrected chi connectivity index (χ3v) is 3.52. The van der Waals surface area contributed by atoms with Gasteiger partial charge in [0.15, 0.2) is 0 Å². The SMILES string of the molecule is OCc1sccc1CN1CCCC1. The number of likely N-dealkylation sites (tertiary alicyclic amines) is 1. The molecular formula is C10H15NOS. The molecule has 2 rings (SSSR count). The second-order valence-corrected chi connectivity index (χ2v) is 4.51. The third kappa shape index (κ3) is 2.10. The van der Waals surface area contributed by atoms with Gasteiger partial charge < -0.3 is 5.11 Å². The molecule has 1 N–H and O–H groups in total. The molecule has 0 radical (unpaired) electrons. The minimum atomic E-state index is 0.195. The molecule has 0 aromatic carbocycles. The van der Waals surface area contributed by atoms with Crippen molar-refractivity contribution in [3.63, 3.8) is 0 Å². The summed E-state index contributed by atoms with van der Waals surface area (Å²) >= 11 is 1.66. The standard InChI is InChI=1S/C10H15NOS/c12-8-10-9(3-6-13-10)7-11-4-1-2-5-11/h3,6,12H,1-2,4-5,7-8H2. The predicted molar refractivity (Wildman–Crippen MR) is 54.8 cm³/mol. The number of hydrogen-bond donors (Lipinski definition) is 1. The monoisotopic (exact) mass is 197 g/mol. The molecule has 1 fully saturated rings. The number of nitrogens with zero attached hydrogens (tertiary/aromatic N) is 1. The molecule has 1 aliphatic rings. The molecule has 2 heterocycles. The van der Waals surface area contributed by atoms with Crippen molar-refractivity contribution in [2.45, 2.75) is 26.0 Å². The molecule has 0 unspecified atom stereocenters. The van der Waals surface area contributed by atoms with Crippen LogP contribution in [0.15, 0.2) is 11.4 Å². The van der Waals surface area contributed by atoms with Crippen molar-refractivity contribution in [3.05, 3.63) is 21.9 Å². The molecule has 13 heavy (non-hydrogen) atoms. The lowest BCUT2D eigenvalue weighted by Gasteiger charge is -2.14. The van der Waals surface area contributed by atoms with Gasteiger partial charge in [-0.15, -0.1) is 11.3 Å². The summed E-state index contributed by atoms with van der Waals surface area (Å²) in [6.45, 7) is 3.67. The Hall–Kier alpha value is -0.380. The first kappa shape index (κ1) is 9.19. The van der Waals surface area contributed by atoms with Gasteiger partial charge in [-0.1, -0.05) is 0 Å². The van der Waals surface area contributed by atoms with Crippen LogP contribution in [0.5, 0.6) is 0 Å². The summed E-state index contributed by atoms with van der Waals surface area (Å²) in [6.07, 6.45) is 2.66. The van der Waals surface area contributed by atoms with E-state index in [9.17, 15) is 0 Å². The van der Waals surface area contributed by atoms with Crippen molar-refractivity contribution in [3.8, 4) is 0 Å². The summed E-state index contributed by atoms with van der Waals surface area (Å²) < 4.78 is 0. The zero-order valence-corrected chi connectivity index (χ0v) is 8.52. The van der Waals surface area contributed by atoms with E-state index in [4.69, 9.17) is 5.11 Å². The maximum Gasteiger partial charge on any atom is 0.0777 e. The minimum Gasteiger partial charge on any atom is -0.391 e. The zero-order valence-electron chi connectivity index (χ0n) is 7.70. The van der Waals surface area contributed by atoms with Gasteiger partial charge in [-0.2, -0.15) is 0 Å². The Morgan fingerprint density at radius 3 is 2.85 bits per heavy atom. The fraction of sp³-hybridized carbons (Fsp3) is 0.600. The van der Waals surface area contributed by atoms with E-state index in [2.05, 4.69) is 16.3 Å². The van der Waals surface area contributed by atoms with E-state index in [-0.39, 0.29) is 6.61 Å². The summed E-state index contributed by atoms with van der Waals surface area (Å²) in [6, 6.07) is 2.13. The molecule has 0 aliphatic carbocycles. The van der Waals surface area contributed by atoms with Crippen molar-refractivity contribution in [2.24, 2.45) is 0 Å². The average molecular weight is 197 g/mol. The van der Waals surface area contributed by atoms with Gasteiger partial charge in [0, 0.05) is 11.4 Å². The van der Waals surface area contributed by atoms with E-state index in [1.807, 2.05) is 0 Å². The van der Waals surface area contributed by atoms with Crippen molar-refractivity contribution in [2.75, 3.05) is 13.1 Å². The number of hydrogen-bond acceptors (Lipinski definition) is 3. The van der Waals surface area contributed by atoms with Gasteiger partial charge >= 0.3 is 0 Å². The van der Waals surface area contributed by atoms with Gasteiger partial charge in [0.25, 0.3) is 0 Å². The van der Waals surface area contributed by atoms with Crippen LogP contribution in [-0.4, -0.2) is 23.1 Å². The molecule has 2 nitrogen and oxygen atoms in total. The molecule has 0 atom stereocenters. The van der Waals surface area contributed by atoms with Gasteiger partial charge in [-0.25, -0.2) is 0 Å². The quantitative estimate of drug-likeness (QED) is 0.799. The summed E-state index contributed by atoms with van der Waals surface area (Å²) in [5, 5.41) is 11.1. The van der Waals surface area contributed by atoms with Gasteiger partial charge in [0.05, 0.1) is 6.61 Å². The molecule has 0 saturated carbocycles. The van der Waals surface area contributed by atoms with Gasteiger partial charge in [-0.05, 0) is 42.9 Å². The Kier molecular flexibility index (Phi) is 2.98. The topological polar surface area (TPSA) is 23.5 Å². The second-order valence-electron chi connectivity index (χ2n) is 3.51. The third-order valence-electron chi connectivity index (χ3n) is 2.57. The van der Waals surface area contributed by atoms with Crippen LogP contribution in [0.2, 0.25) is 0 Å². The molecule has 72 valence electrons. The van der Waals surface area contributed by atoms with Crippen LogP contribution in [0.3, 0.4) is 0 Å². The van der Waals surface area contributed by atoms with Crippen molar-refractivity contribution < 1.29 is 5.11 Å². The van der Waals surface area contributed by atoms with Crippen LogP contribution in [0.1, 0.15) is 23.3 Å². The van der Waals surface area contributed by atoms with Crippen LogP contribution in [0.25, 0.3) is 0 Å². The van der Waals surface area contributed by atoms with Gasteiger partial charge in [0.1, 0.15) is 0 Å². The Labute approximate surface area is 82.8 Å². The van der Waals surface area contributed by atoms with E-state index in [0.29, 0.717) is 0 Å². The van der Waals surface area contributed by atoms with Gasteiger partial charge in [-0.3, -0.25) is 4.90 Å². The molecule has 3 heteroatoms. The molecular weight excluding hydrogens is 182 g/mol. The molecule has 0 bridgehead atoms. The van der Waals surface area contributed by atoms with Crippen LogP contribution >= 0.6 is 11.3 Å². The predicted octanol–water partition coefficient (Wildman–Crippen LogP) is 1.84. The Balaban J connectivity index is 1.99. The normalized spacial score (nSPS) is 18.2. The lowest BCUT2D eigenvalue weighted by atomic mass is 10.2. The fourth-order valence-corrected chi connectivity index (χ4v) is 2.58. The Bertz CT molecular complexity index is 266. The van der Waals surface area contributed by atoms with Crippen LogP contribution in [0, 0.1) is 0 Å². The zero-order chi connectivity index (χ0) is 9.10.